The molecule has 0 amide bonds. The molecular weight excluding hydrogens is 170 g/mol. The number of carbonyl (C=O) groups is 1. The summed E-state index contributed by atoms with van der Waals surface area (Å²) in [6, 6.07) is 0. The molecule has 0 aliphatic heterocycles. The summed E-state index contributed by atoms with van der Waals surface area (Å²) in [7, 11) is 1.24. The van der Waals surface area contributed by atoms with Crippen LogP contribution in [0.2, 0.25) is 5.28 Å². The zero-order valence-corrected chi connectivity index (χ0v) is 6.37. The fourth-order valence-electron chi connectivity index (χ4n) is 0.466. The van der Waals surface area contributed by atoms with E-state index in [1.165, 1.54) is 7.11 Å². The second-order valence-corrected chi connectivity index (χ2v) is 1.91. The molecule has 0 aliphatic carbocycles. The molecule has 0 aliphatic rings. The van der Waals surface area contributed by atoms with Gasteiger partial charge < -0.3 is 4.74 Å². The van der Waals surface area contributed by atoms with E-state index in [1.807, 2.05) is 0 Å². The summed E-state index contributed by atoms with van der Waals surface area (Å²) in [6.45, 7) is 0. The van der Waals surface area contributed by atoms with Crippen LogP contribution < -0.4 is 0 Å². The summed E-state index contributed by atoms with van der Waals surface area (Å²) < 4.78 is 4.34. The van der Waals surface area contributed by atoms with Crippen molar-refractivity contribution in [2.75, 3.05) is 7.11 Å². The van der Waals surface area contributed by atoms with Crippen LogP contribution in [0, 0.1) is 0 Å². The van der Waals surface area contributed by atoms with Crippen molar-refractivity contribution in [3.8, 4) is 0 Å². The molecule has 6 heteroatoms. The molecule has 0 fully saturated rings. The number of esters is 1. The van der Waals surface area contributed by atoms with Crippen LogP contribution in [0.15, 0.2) is 6.33 Å². The normalized spacial score (nSPS) is 9.27. The maximum Gasteiger partial charge on any atom is 0.376 e. The third-order valence-electron chi connectivity index (χ3n) is 0.910. The third-order valence-corrected chi connectivity index (χ3v) is 1.09. The molecule has 0 spiro atoms. The highest BCUT2D eigenvalue weighted by molar-refractivity contribution is 6.28. The van der Waals surface area contributed by atoms with Gasteiger partial charge in [0.25, 0.3) is 0 Å². The average Bonchev–Trinajstić information content (AvgIpc) is 2.03. The Morgan fingerprint density at radius 1 is 1.64 bits per heavy atom. The Morgan fingerprint density at radius 2 is 2.36 bits per heavy atom. The lowest BCUT2D eigenvalue weighted by molar-refractivity contribution is 0.0586. The first kappa shape index (κ1) is 7.87. The van der Waals surface area contributed by atoms with Crippen LogP contribution in [0.4, 0.5) is 0 Å². The molecule has 1 aromatic rings. The highest BCUT2D eigenvalue weighted by Crippen LogP contribution is 1.98. The first-order valence-electron chi connectivity index (χ1n) is 2.67. The number of aromatic nitrogens is 3. The van der Waals surface area contributed by atoms with Crippen LogP contribution in [0.3, 0.4) is 0 Å². The fraction of sp³-hybridized carbons (Fsp3) is 0.200. The average molecular weight is 174 g/mol. The third kappa shape index (κ3) is 1.84. The van der Waals surface area contributed by atoms with Crippen molar-refractivity contribution < 1.29 is 9.53 Å². The lowest BCUT2D eigenvalue weighted by atomic mass is 10.6. The molecular formula is C5H4ClN3O2. The van der Waals surface area contributed by atoms with Gasteiger partial charge in [-0.1, -0.05) is 0 Å². The lowest BCUT2D eigenvalue weighted by Gasteiger charge is -1.94. The van der Waals surface area contributed by atoms with E-state index in [-0.39, 0.29) is 11.1 Å². The van der Waals surface area contributed by atoms with Gasteiger partial charge in [-0.2, -0.15) is 4.98 Å². The topological polar surface area (TPSA) is 65.0 Å². The molecule has 11 heavy (non-hydrogen) atoms. The van der Waals surface area contributed by atoms with Gasteiger partial charge in [-0.15, -0.1) is 0 Å². The largest absolute Gasteiger partial charge is 0.463 e. The SMILES string of the molecule is COC(=O)c1ncnc(Cl)n1. The summed E-state index contributed by atoms with van der Waals surface area (Å²) in [5.74, 6) is -0.721. The van der Waals surface area contributed by atoms with Crippen molar-refractivity contribution in [3.05, 3.63) is 17.4 Å². The van der Waals surface area contributed by atoms with Crippen LogP contribution in [0.1, 0.15) is 10.6 Å². The number of ether oxygens (including phenoxy) is 1. The number of halogens is 1. The Bertz CT molecular complexity index is 278. The molecule has 0 atom stereocenters. The van der Waals surface area contributed by atoms with Gasteiger partial charge in [-0.05, 0) is 11.6 Å². The van der Waals surface area contributed by atoms with Gasteiger partial charge in [0.1, 0.15) is 6.33 Å². The molecule has 5 nitrogen and oxygen atoms in total. The van der Waals surface area contributed by atoms with Crippen LogP contribution in [-0.2, 0) is 4.74 Å². The smallest absolute Gasteiger partial charge is 0.376 e. The van der Waals surface area contributed by atoms with E-state index in [0.29, 0.717) is 0 Å². The summed E-state index contributed by atoms with van der Waals surface area (Å²) >= 11 is 5.38. The Morgan fingerprint density at radius 3 is 2.91 bits per heavy atom. The Labute approximate surface area is 67.4 Å². The van der Waals surface area contributed by atoms with Crippen LogP contribution in [0.25, 0.3) is 0 Å². The summed E-state index contributed by atoms with van der Waals surface area (Å²) in [4.78, 5) is 21.3. The minimum absolute atomic E-state index is 0.0274. The Balaban J connectivity index is 2.96. The van der Waals surface area contributed by atoms with E-state index in [2.05, 4.69) is 19.7 Å². The van der Waals surface area contributed by atoms with Gasteiger partial charge in [0, 0.05) is 0 Å². The number of rotatable bonds is 1. The molecule has 0 saturated heterocycles. The number of methoxy groups -OCH3 is 1. The predicted molar refractivity (Wildman–Crippen MR) is 36.2 cm³/mol. The molecule has 0 aromatic carbocycles. The van der Waals surface area contributed by atoms with Gasteiger partial charge in [0.05, 0.1) is 7.11 Å². The monoisotopic (exact) mass is 173 g/mol. The van der Waals surface area contributed by atoms with E-state index in [1.54, 1.807) is 0 Å². The van der Waals surface area contributed by atoms with E-state index < -0.39 is 5.97 Å². The van der Waals surface area contributed by atoms with E-state index in [4.69, 9.17) is 11.6 Å². The molecule has 0 saturated carbocycles. The van der Waals surface area contributed by atoms with E-state index in [9.17, 15) is 4.79 Å². The van der Waals surface area contributed by atoms with Crippen LogP contribution >= 0.6 is 11.6 Å². The Kier molecular flexibility index (Phi) is 2.32. The zero-order chi connectivity index (χ0) is 8.27. The standard InChI is InChI=1S/C5H4ClN3O2/c1-11-4(10)3-7-2-8-5(6)9-3/h2H,1H3. The number of hydrogen-bond donors (Lipinski definition) is 0. The molecule has 0 bridgehead atoms. The van der Waals surface area contributed by atoms with Crippen molar-refractivity contribution >= 4 is 17.6 Å². The Hall–Kier alpha value is -1.23. The fourth-order valence-corrected chi connectivity index (χ4v) is 0.590. The molecule has 1 rings (SSSR count). The molecule has 58 valence electrons. The predicted octanol–water partition coefficient (Wildman–Crippen LogP) is 0.312. The molecule has 1 heterocycles. The van der Waals surface area contributed by atoms with Gasteiger partial charge in [-0.3, -0.25) is 0 Å². The molecule has 0 N–H and O–H groups in total. The first-order valence-corrected chi connectivity index (χ1v) is 3.04. The second-order valence-electron chi connectivity index (χ2n) is 1.57. The first-order chi connectivity index (χ1) is 5.24. The van der Waals surface area contributed by atoms with Gasteiger partial charge in [0.15, 0.2) is 0 Å². The van der Waals surface area contributed by atoms with Gasteiger partial charge >= 0.3 is 5.97 Å². The van der Waals surface area contributed by atoms with E-state index in [0.717, 1.165) is 6.33 Å². The number of nitrogens with zero attached hydrogens (tertiary/aromatic N) is 3. The second kappa shape index (κ2) is 3.25. The lowest BCUT2D eigenvalue weighted by Crippen LogP contribution is -2.07. The van der Waals surface area contributed by atoms with Crippen molar-refractivity contribution in [1.29, 1.82) is 0 Å². The van der Waals surface area contributed by atoms with Crippen molar-refractivity contribution in [2.45, 2.75) is 0 Å². The quantitative estimate of drug-likeness (QED) is 0.572. The van der Waals surface area contributed by atoms with Crippen molar-refractivity contribution in [1.82, 2.24) is 15.0 Å². The summed E-state index contributed by atoms with van der Waals surface area (Å²) in [5, 5.41) is -0.0274. The van der Waals surface area contributed by atoms with Gasteiger partial charge in [0.2, 0.25) is 11.1 Å². The minimum Gasteiger partial charge on any atom is -0.463 e. The van der Waals surface area contributed by atoms with Crippen LogP contribution in [-0.4, -0.2) is 28.0 Å². The maximum atomic E-state index is 10.7. The van der Waals surface area contributed by atoms with Crippen LogP contribution in [0.5, 0.6) is 0 Å². The highest BCUT2D eigenvalue weighted by atomic mass is 35.5. The zero-order valence-electron chi connectivity index (χ0n) is 5.61. The van der Waals surface area contributed by atoms with Gasteiger partial charge in [-0.25, -0.2) is 14.8 Å². The molecule has 0 unspecified atom stereocenters. The maximum absolute atomic E-state index is 10.7. The summed E-state index contributed by atoms with van der Waals surface area (Å²) in [6.07, 6.45) is 1.14. The molecule has 1 aromatic heterocycles. The van der Waals surface area contributed by atoms with Crippen molar-refractivity contribution in [2.24, 2.45) is 0 Å². The highest BCUT2D eigenvalue weighted by Gasteiger charge is 2.08. The van der Waals surface area contributed by atoms with Crippen molar-refractivity contribution in [3.63, 3.8) is 0 Å². The number of carbonyl (C=O) groups excluding carboxylic acids is 1. The summed E-state index contributed by atoms with van der Waals surface area (Å²) in [5.41, 5.74) is 0. The van der Waals surface area contributed by atoms with E-state index >= 15 is 0 Å². The minimum atomic E-state index is -0.630. The molecule has 0 radical (unpaired) electrons. The number of hydrogen-bond acceptors (Lipinski definition) is 5.